The Bertz CT molecular complexity index is 538. The molecular weight excluding hydrogens is 264 g/mol. The smallest absolute Gasteiger partial charge is 0.247 e. The van der Waals surface area contributed by atoms with Crippen LogP contribution in [0, 0.1) is 6.92 Å². The zero-order chi connectivity index (χ0) is 14.0. The van der Waals surface area contributed by atoms with Gasteiger partial charge in [0.05, 0.1) is 11.4 Å². The third-order valence-corrected chi connectivity index (χ3v) is 5.93. The van der Waals surface area contributed by atoms with Crippen molar-refractivity contribution in [1.82, 2.24) is 14.5 Å². The Morgan fingerprint density at radius 3 is 2.84 bits per heavy atom. The van der Waals surface area contributed by atoms with E-state index in [9.17, 15) is 8.42 Å². The van der Waals surface area contributed by atoms with Gasteiger partial charge < -0.3 is 5.73 Å². The van der Waals surface area contributed by atoms with E-state index in [0.717, 1.165) is 25.7 Å². The number of nitrogens with two attached hydrogens (primary N) is 1. The van der Waals surface area contributed by atoms with Crippen molar-refractivity contribution in [2.75, 3.05) is 6.54 Å². The van der Waals surface area contributed by atoms with Crippen LogP contribution in [0.2, 0.25) is 0 Å². The van der Waals surface area contributed by atoms with Gasteiger partial charge in [0, 0.05) is 19.1 Å². The molecule has 0 aliphatic carbocycles. The maximum absolute atomic E-state index is 12.8. The van der Waals surface area contributed by atoms with Crippen LogP contribution in [-0.4, -0.2) is 35.5 Å². The number of sulfonamides is 1. The Morgan fingerprint density at radius 1 is 1.42 bits per heavy atom. The standard InChI is InChI=1S/C12H22N4O2S/c1-9-6-4-3-5-7-16(9)19(17,18)12-10(2)14-15-11(12)8-13/h9H,3-8,13H2,1-2H3,(H,14,15). The molecule has 6 nitrogen and oxygen atoms in total. The summed E-state index contributed by atoms with van der Waals surface area (Å²) in [6, 6.07) is 0.0347. The minimum atomic E-state index is -3.51. The maximum Gasteiger partial charge on any atom is 0.247 e. The highest BCUT2D eigenvalue weighted by Crippen LogP contribution is 2.27. The Hall–Kier alpha value is -0.920. The zero-order valence-electron chi connectivity index (χ0n) is 11.5. The quantitative estimate of drug-likeness (QED) is 0.871. The summed E-state index contributed by atoms with van der Waals surface area (Å²) in [6.07, 6.45) is 4.00. The first-order valence-corrected chi connectivity index (χ1v) is 8.18. The van der Waals surface area contributed by atoms with E-state index in [4.69, 9.17) is 5.73 Å². The number of aromatic amines is 1. The normalized spacial score (nSPS) is 22.4. The maximum atomic E-state index is 12.8. The van der Waals surface area contributed by atoms with E-state index in [1.807, 2.05) is 6.92 Å². The molecule has 1 saturated heterocycles. The third kappa shape index (κ3) is 2.68. The molecule has 1 fully saturated rings. The van der Waals surface area contributed by atoms with Crippen LogP contribution in [0.3, 0.4) is 0 Å². The first kappa shape index (κ1) is 14.5. The summed E-state index contributed by atoms with van der Waals surface area (Å²) in [6.45, 7) is 4.40. The number of aryl methyl sites for hydroxylation is 1. The molecule has 1 aromatic rings. The molecule has 0 amide bonds. The van der Waals surface area contributed by atoms with E-state index in [2.05, 4.69) is 10.2 Å². The average molecular weight is 286 g/mol. The van der Waals surface area contributed by atoms with Gasteiger partial charge in [-0.25, -0.2) is 8.42 Å². The highest BCUT2D eigenvalue weighted by atomic mass is 32.2. The van der Waals surface area contributed by atoms with E-state index in [-0.39, 0.29) is 17.5 Å². The number of hydrogen-bond acceptors (Lipinski definition) is 4. The zero-order valence-corrected chi connectivity index (χ0v) is 12.3. The molecule has 1 aromatic heterocycles. The SMILES string of the molecule is Cc1[nH]nc(CN)c1S(=O)(=O)N1CCCCCC1C. The van der Waals surface area contributed by atoms with Crippen LogP contribution < -0.4 is 5.73 Å². The second kappa shape index (κ2) is 5.60. The molecule has 0 bridgehead atoms. The second-order valence-corrected chi connectivity index (χ2v) is 6.97. The molecule has 1 unspecified atom stereocenters. The summed E-state index contributed by atoms with van der Waals surface area (Å²) in [5, 5.41) is 6.72. The molecule has 19 heavy (non-hydrogen) atoms. The van der Waals surface area contributed by atoms with Crippen LogP contribution in [0.5, 0.6) is 0 Å². The summed E-state index contributed by atoms with van der Waals surface area (Å²) in [4.78, 5) is 0.267. The number of hydrogen-bond donors (Lipinski definition) is 2. The minimum absolute atomic E-state index is 0.0347. The van der Waals surface area contributed by atoms with Crippen molar-refractivity contribution >= 4 is 10.0 Å². The van der Waals surface area contributed by atoms with E-state index in [1.165, 1.54) is 0 Å². The fourth-order valence-electron chi connectivity index (χ4n) is 2.67. The minimum Gasteiger partial charge on any atom is -0.325 e. The topological polar surface area (TPSA) is 92.1 Å². The summed E-state index contributed by atoms with van der Waals surface area (Å²) in [7, 11) is -3.51. The summed E-state index contributed by atoms with van der Waals surface area (Å²) >= 11 is 0. The molecule has 0 spiro atoms. The van der Waals surface area contributed by atoms with Crippen molar-refractivity contribution in [3.8, 4) is 0 Å². The molecule has 2 rings (SSSR count). The van der Waals surface area contributed by atoms with Crippen LogP contribution in [-0.2, 0) is 16.6 Å². The molecule has 1 aliphatic rings. The van der Waals surface area contributed by atoms with Crippen molar-refractivity contribution in [3.05, 3.63) is 11.4 Å². The molecule has 0 saturated carbocycles. The van der Waals surface area contributed by atoms with Gasteiger partial charge in [0.25, 0.3) is 0 Å². The van der Waals surface area contributed by atoms with Crippen LogP contribution in [0.25, 0.3) is 0 Å². The molecule has 1 aliphatic heterocycles. The van der Waals surface area contributed by atoms with Gasteiger partial charge in [-0.15, -0.1) is 0 Å². The van der Waals surface area contributed by atoms with Crippen LogP contribution in [0.15, 0.2) is 4.90 Å². The monoisotopic (exact) mass is 286 g/mol. The average Bonchev–Trinajstić information content (AvgIpc) is 2.60. The van der Waals surface area contributed by atoms with Gasteiger partial charge in [-0.05, 0) is 26.7 Å². The number of rotatable bonds is 3. The molecular formula is C12H22N4O2S. The van der Waals surface area contributed by atoms with Crippen molar-refractivity contribution in [2.45, 2.75) is 57.0 Å². The van der Waals surface area contributed by atoms with Gasteiger partial charge in [0.2, 0.25) is 10.0 Å². The molecule has 7 heteroatoms. The largest absolute Gasteiger partial charge is 0.325 e. The number of nitrogens with zero attached hydrogens (tertiary/aromatic N) is 2. The van der Waals surface area contributed by atoms with Gasteiger partial charge >= 0.3 is 0 Å². The van der Waals surface area contributed by atoms with Crippen LogP contribution >= 0.6 is 0 Å². The third-order valence-electron chi connectivity index (χ3n) is 3.71. The summed E-state index contributed by atoms with van der Waals surface area (Å²) in [5.74, 6) is 0. The lowest BCUT2D eigenvalue weighted by Crippen LogP contribution is -2.38. The summed E-state index contributed by atoms with van der Waals surface area (Å²) < 4.78 is 27.3. The summed E-state index contributed by atoms with van der Waals surface area (Å²) in [5.41, 5.74) is 6.58. The van der Waals surface area contributed by atoms with Crippen molar-refractivity contribution in [2.24, 2.45) is 5.73 Å². The molecule has 3 N–H and O–H groups in total. The predicted octanol–water partition coefficient (Wildman–Crippen LogP) is 1.13. The first-order valence-electron chi connectivity index (χ1n) is 6.74. The van der Waals surface area contributed by atoms with E-state index < -0.39 is 10.0 Å². The number of H-pyrrole nitrogens is 1. The van der Waals surface area contributed by atoms with E-state index in [1.54, 1.807) is 11.2 Å². The molecule has 1 atom stereocenters. The highest BCUT2D eigenvalue weighted by Gasteiger charge is 2.34. The van der Waals surface area contributed by atoms with E-state index in [0.29, 0.717) is 17.9 Å². The molecule has 0 aromatic carbocycles. The lowest BCUT2D eigenvalue weighted by Gasteiger charge is -2.26. The Balaban J connectivity index is 2.43. The van der Waals surface area contributed by atoms with Gasteiger partial charge in [-0.3, -0.25) is 5.10 Å². The van der Waals surface area contributed by atoms with Crippen LogP contribution in [0.1, 0.15) is 44.0 Å². The Labute approximate surface area is 114 Å². The van der Waals surface area contributed by atoms with Crippen LogP contribution in [0.4, 0.5) is 0 Å². The molecule has 2 heterocycles. The molecule has 0 radical (unpaired) electrons. The van der Waals surface area contributed by atoms with E-state index >= 15 is 0 Å². The molecule has 108 valence electrons. The van der Waals surface area contributed by atoms with Crippen molar-refractivity contribution in [1.29, 1.82) is 0 Å². The lowest BCUT2D eigenvalue weighted by atomic mass is 10.1. The number of nitrogens with one attached hydrogen (secondary N) is 1. The van der Waals surface area contributed by atoms with Crippen molar-refractivity contribution in [3.63, 3.8) is 0 Å². The van der Waals surface area contributed by atoms with Gasteiger partial charge in [0.15, 0.2) is 0 Å². The van der Waals surface area contributed by atoms with Gasteiger partial charge in [0.1, 0.15) is 4.90 Å². The first-order chi connectivity index (χ1) is 8.98. The van der Waals surface area contributed by atoms with Gasteiger partial charge in [-0.2, -0.15) is 9.40 Å². The van der Waals surface area contributed by atoms with Gasteiger partial charge in [-0.1, -0.05) is 12.8 Å². The Kier molecular flexibility index (Phi) is 4.27. The lowest BCUT2D eigenvalue weighted by molar-refractivity contribution is 0.341. The van der Waals surface area contributed by atoms with Crippen molar-refractivity contribution < 1.29 is 8.42 Å². The fraction of sp³-hybridized carbons (Fsp3) is 0.750. The number of aromatic nitrogens is 2. The Morgan fingerprint density at radius 2 is 2.16 bits per heavy atom. The predicted molar refractivity (Wildman–Crippen MR) is 73.0 cm³/mol. The fourth-order valence-corrected chi connectivity index (χ4v) is 4.72. The highest BCUT2D eigenvalue weighted by molar-refractivity contribution is 7.89. The second-order valence-electron chi connectivity index (χ2n) is 5.14.